The van der Waals surface area contributed by atoms with Crippen LogP contribution in [-0.2, 0) is 6.42 Å². The number of rotatable bonds is 2. The fourth-order valence-corrected chi connectivity index (χ4v) is 2.58. The average molecular weight is 268 g/mol. The lowest BCUT2D eigenvalue weighted by molar-refractivity contribution is 0.144. The number of carbonyl (C=O) groups excluding carboxylic acids is 1. The Labute approximate surface area is 117 Å². The van der Waals surface area contributed by atoms with Crippen LogP contribution in [0.5, 0.6) is 0 Å². The third kappa shape index (κ3) is 2.51. The van der Waals surface area contributed by atoms with Crippen molar-refractivity contribution >= 4 is 11.7 Å². The molecule has 0 heterocycles. The lowest BCUT2D eigenvalue weighted by Gasteiger charge is -2.18. The number of aliphatic hydroxyl groups is 1. The van der Waals surface area contributed by atoms with Crippen molar-refractivity contribution in [2.45, 2.75) is 18.6 Å². The molecule has 1 aliphatic carbocycles. The molecule has 0 saturated carbocycles. The Hall–Kier alpha value is -2.33. The molecule has 0 aromatic heterocycles. The van der Waals surface area contributed by atoms with Crippen molar-refractivity contribution in [1.29, 1.82) is 0 Å². The summed E-state index contributed by atoms with van der Waals surface area (Å²) in [5, 5.41) is 15.7. The first-order valence-electron chi connectivity index (χ1n) is 6.62. The summed E-state index contributed by atoms with van der Waals surface area (Å²) >= 11 is 0. The summed E-state index contributed by atoms with van der Waals surface area (Å²) < 4.78 is 0. The van der Waals surface area contributed by atoms with E-state index < -0.39 is 6.10 Å². The lowest BCUT2D eigenvalue weighted by Crippen LogP contribution is -2.36. The van der Waals surface area contributed by atoms with E-state index >= 15 is 0 Å². The summed E-state index contributed by atoms with van der Waals surface area (Å²) in [6.45, 7) is 0. The summed E-state index contributed by atoms with van der Waals surface area (Å²) in [7, 11) is 0. The molecule has 3 rings (SSSR count). The fraction of sp³-hybridized carbons (Fsp3) is 0.188. The van der Waals surface area contributed by atoms with E-state index in [-0.39, 0.29) is 12.1 Å². The predicted octanol–water partition coefficient (Wildman–Crippen LogP) is 2.47. The zero-order valence-corrected chi connectivity index (χ0v) is 10.9. The highest BCUT2D eigenvalue weighted by Gasteiger charge is 2.31. The maximum atomic E-state index is 12.0. The number of hydrogen-bond acceptors (Lipinski definition) is 2. The van der Waals surface area contributed by atoms with Gasteiger partial charge in [-0.25, -0.2) is 4.79 Å². The van der Waals surface area contributed by atoms with Crippen molar-refractivity contribution in [2.24, 2.45) is 0 Å². The van der Waals surface area contributed by atoms with Crippen LogP contribution >= 0.6 is 0 Å². The van der Waals surface area contributed by atoms with Crippen molar-refractivity contribution in [3.05, 3.63) is 65.7 Å². The molecular formula is C16H16N2O2. The van der Waals surface area contributed by atoms with Gasteiger partial charge in [0.15, 0.2) is 0 Å². The molecule has 1 aliphatic rings. The van der Waals surface area contributed by atoms with Gasteiger partial charge in [-0.2, -0.15) is 0 Å². The van der Waals surface area contributed by atoms with Crippen LogP contribution < -0.4 is 10.6 Å². The molecule has 4 nitrogen and oxygen atoms in total. The van der Waals surface area contributed by atoms with E-state index in [9.17, 15) is 9.90 Å². The second-order valence-electron chi connectivity index (χ2n) is 4.91. The van der Waals surface area contributed by atoms with E-state index in [1.54, 1.807) is 0 Å². The molecule has 2 aromatic carbocycles. The highest BCUT2D eigenvalue weighted by atomic mass is 16.3. The molecule has 2 atom stereocenters. The molecule has 20 heavy (non-hydrogen) atoms. The number of para-hydroxylation sites is 1. The number of aliphatic hydroxyl groups excluding tert-OH is 1. The van der Waals surface area contributed by atoms with Gasteiger partial charge in [0.25, 0.3) is 0 Å². The highest BCUT2D eigenvalue weighted by Crippen LogP contribution is 2.31. The number of benzene rings is 2. The van der Waals surface area contributed by atoms with E-state index in [0.717, 1.165) is 16.8 Å². The number of urea groups is 1. The van der Waals surface area contributed by atoms with Crippen LogP contribution in [0.15, 0.2) is 54.6 Å². The Morgan fingerprint density at radius 1 is 1.05 bits per heavy atom. The second-order valence-corrected chi connectivity index (χ2v) is 4.91. The van der Waals surface area contributed by atoms with Crippen LogP contribution in [0.3, 0.4) is 0 Å². The number of amides is 2. The van der Waals surface area contributed by atoms with Crippen LogP contribution in [-0.4, -0.2) is 17.2 Å². The molecule has 0 fully saturated rings. The third-order valence-corrected chi connectivity index (χ3v) is 3.52. The van der Waals surface area contributed by atoms with Crippen LogP contribution in [0.25, 0.3) is 0 Å². The predicted molar refractivity (Wildman–Crippen MR) is 77.5 cm³/mol. The van der Waals surface area contributed by atoms with Gasteiger partial charge in [0, 0.05) is 12.1 Å². The zero-order valence-electron chi connectivity index (χ0n) is 10.9. The number of carbonyl (C=O) groups is 1. The van der Waals surface area contributed by atoms with Crippen molar-refractivity contribution in [1.82, 2.24) is 5.32 Å². The van der Waals surface area contributed by atoms with Crippen LogP contribution in [0.4, 0.5) is 10.5 Å². The summed E-state index contributed by atoms with van der Waals surface area (Å²) in [5.74, 6) is 0. The fourth-order valence-electron chi connectivity index (χ4n) is 2.58. The van der Waals surface area contributed by atoms with Crippen LogP contribution in [0, 0.1) is 0 Å². The number of nitrogens with one attached hydrogen (secondary N) is 2. The average Bonchev–Trinajstić information content (AvgIpc) is 2.76. The van der Waals surface area contributed by atoms with Gasteiger partial charge in [-0.1, -0.05) is 42.5 Å². The summed E-state index contributed by atoms with van der Waals surface area (Å²) in [4.78, 5) is 12.0. The number of hydrogen-bond donors (Lipinski definition) is 3. The zero-order chi connectivity index (χ0) is 13.9. The SMILES string of the molecule is O=C(Nc1ccccc1)NC1c2ccccc2CC1O. The van der Waals surface area contributed by atoms with E-state index in [1.807, 2.05) is 54.6 Å². The molecular weight excluding hydrogens is 252 g/mol. The quantitative estimate of drug-likeness (QED) is 0.783. The van der Waals surface area contributed by atoms with Gasteiger partial charge in [0.05, 0.1) is 12.1 Å². The maximum Gasteiger partial charge on any atom is 0.319 e. The van der Waals surface area contributed by atoms with Crippen molar-refractivity contribution < 1.29 is 9.90 Å². The Balaban J connectivity index is 1.70. The largest absolute Gasteiger partial charge is 0.390 e. The van der Waals surface area contributed by atoms with E-state index in [1.165, 1.54) is 0 Å². The standard InChI is InChI=1S/C16H16N2O2/c19-14-10-11-6-4-5-9-13(11)15(14)18-16(20)17-12-7-2-1-3-8-12/h1-9,14-15,19H,10H2,(H2,17,18,20). The third-order valence-electron chi connectivity index (χ3n) is 3.52. The molecule has 0 spiro atoms. The van der Waals surface area contributed by atoms with Gasteiger partial charge < -0.3 is 15.7 Å². The van der Waals surface area contributed by atoms with Crippen LogP contribution in [0.2, 0.25) is 0 Å². The first-order valence-corrected chi connectivity index (χ1v) is 6.62. The van der Waals surface area contributed by atoms with Gasteiger partial charge in [-0.15, -0.1) is 0 Å². The molecule has 0 aliphatic heterocycles. The Morgan fingerprint density at radius 2 is 1.75 bits per heavy atom. The first kappa shape index (κ1) is 12.7. The van der Waals surface area contributed by atoms with Gasteiger partial charge in [0.1, 0.15) is 0 Å². The van der Waals surface area contributed by atoms with E-state index in [2.05, 4.69) is 10.6 Å². The van der Waals surface area contributed by atoms with Gasteiger partial charge in [-0.05, 0) is 23.3 Å². The highest BCUT2D eigenvalue weighted by molar-refractivity contribution is 5.89. The van der Waals surface area contributed by atoms with Crippen molar-refractivity contribution in [3.63, 3.8) is 0 Å². The monoisotopic (exact) mass is 268 g/mol. The molecule has 0 bridgehead atoms. The van der Waals surface area contributed by atoms with Gasteiger partial charge in [-0.3, -0.25) is 0 Å². The number of anilines is 1. The normalized spacial score (nSPS) is 20.2. The van der Waals surface area contributed by atoms with Crippen molar-refractivity contribution in [2.75, 3.05) is 5.32 Å². The van der Waals surface area contributed by atoms with Crippen LogP contribution in [0.1, 0.15) is 17.2 Å². The Morgan fingerprint density at radius 3 is 2.55 bits per heavy atom. The molecule has 0 saturated heterocycles. The lowest BCUT2D eigenvalue weighted by atomic mass is 10.1. The minimum atomic E-state index is -0.575. The van der Waals surface area contributed by atoms with Gasteiger partial charge >= 0.3 is 6.03 Å². The molecule has 4 heteroatoms. The molecule has 2 unspecified atom stereocenters. The molecule has 0 radical (unpaired) electrons. The number of fused-ring (bicyclic) bond motifs is 1. The first-order chi connectivity index (χ1) is 9.74. The smallest absolute Gasteiger partial charge is 0.319 e. The summed E-state index contributed by atoms with van der Waals surface area (Å²) in [5.41, 5.74) is 2.80. The van der Waals surface area contributed by atoms with E-state index in [0.29, 0.717) is 6.42 Å². The maximum absolute atomic E-state index is 12.0. The summed E-state index contributed by atoms with van der Waals surface area (Å²) in [6, 6.07) is 16.4. The topological polar surface area (TPSA) is 61.4 Å². The second kappa shape index (κ2) is 5.35. The minimum absolute atomic E-state index is 0.308. The van der Waals surface area contributed by atoms with Crippen molar-refractivity contribution in [3.8, 4) is 0 Å². The molecule has 3 N–H and O–H groups in total. The molecule has 2 amide bonds. The molecule has 102 valence electrons. The summed E-state index contributed by atoms with van der Waals surface area (Å²) in [6.07, 6.45) is 0.000779. The Bertz CT molecular complexity index is 613. The van der Waals surface area contributed by atoms with Gasteiger partial charge in [0.2, 0.25) is 0 Å². The Kier molecular flexibility index (Phi) is 3.39. The molecule has 2 aromatic rings. The minimum Gasteiger partial charge on any atom is -0.390 e. The van der Waals surface area contributed by atoms with E-state index in [4.69, 9.17) is 0 Å².